The average molecular weight is 282 g/mol. The minimum absolute atomic E-state index is 0.391. The van der Waals surface area contributed by atoms with E-state index in [2.05, 4.69) is 61.4 Å². The lowest BCUT2D eigenvalue weighted by Gasteiger charge is -2.18. The minimum atomic E-state index is 0.391. The van der Waals surface area contributed by atoms with Crippen molar-refractivity contribution in [2.75, 3.05) is 0 Å². The first-order chi connectivity index (χ1) is 10.3. The molecule has 0 bridgehead atoms. The number of rotatable bonds is 7. The summed E-state index contributed by atoms with van der Waals surface area (Å²) in [6.45, 7) is 7.43. The number of aromatic nitrogens is 1. The van der Waals surface area contributed by atoms with Crippen LogP contribution < -0.4 is 5.32 Å². The van der Waals surface area contributed by atoms with Gasteiger partial charge in [-0.3, -0.25) is 4.98 Å². The van der Waals surface area contributed by atoms with Crippen LogP contribution >= 0.6 is 0 Å². The molecule has 0 amide bonds. The van der Waals surface area contributed by atoms with Crippen molar-refractivity contribution in [2.45, 2.75) is 52.6 Å². The van der Waals surface area contributed by atoms with E-state index in [4.69, 9.17) is 0 Å². The van der Waals surface area contributed by atoms with Gasteiger partial charge in [0.2, 0.25) is 0 Å². The second-order valence-corrected chi connectivity index (χ2v) is 5.40. The molecule has 2 rings (SSSR count). The highest BCUT2D eigenvalue weighted by Gasteiger charge is 2.10. The van der Waals surface area contributed by atoms with E-state index in [0.717, 1.165) is 25.8 Å². The molecule has 21 heavy (non-hydrogen) atoms. The van der Waals surface area contributed by atoms with E-state index in [0.29, 0.717) is 6.04 Å². The van der Waals surface area contributed by atoms with Crippen molar-refractivity contribution in [1.29, 1.82) is 0 Å². The van der Waals surface area contributed by atoms with Crippen LogP contribution in [0.5, 0.6) is 0 Å². The Morgan fingerprint density at radius 2 is 1.76 bits per heavy atom. The number of aryl methyl sites for hydroxylation is 2. The Morgan fingerprint density at radius 3 is 2.38 bits per heavy atom. The van der Waals surface area contributed by atoms with Gasteiger partial charge >= 0.3 is 0 Å². The highest BCUT2D eigenvalue weighted by atomic mass is 14.9. The van der Waals surface area contributed by atoms with Crippen molar-refractivity contribution < 1.29 is 0 Å². The van der Waals surface area contributed by atoms with Crippen molar-refractivity contribution >= 4 is 0 Å². The third-order valence-corrected chi connectivity index (χ3v) is 4.08. The molecule has 0 saturated heterocycles. The Morgan fingerprint density at radius 1 is 1.00 bits per heavy atom. The minimum Gasteiger partial charge on any atom is -0.304 e. The fourth-order valence-electron chi connectivity index (χ4n) is 2.66. The van der Waals surface area contributed by atoms with E-state index in [1.165, 1.54) is 22.4 Å². The van der Waals surface area contributed by atoms with Gasteiger partial charge in [-0.25, -0.2) is 0 Å². The van der Waals surface area contributed by atoms with Crippen molar-refractivity contribution in [3.63, 3.8) is 0 Å². The monoisotopic (exact) mass is 282 g/mol. The van der Waals surface area contributed by atoms with Crippen LogP contribution in [0.4, 0.5) is 0 Å². The molecule has 0 aliphatic heterocycles. The average Bonchev–Trinajstić information content (AvgIpc) is 2.56. The van der Waals surface area contributed by atoms with E-state index in [9.17, 15) is 0 Å². The predicted octanol–water partition coefficient (Wildman–Crippen LogP) is 4.45. The number of hydrogen-bond donors (Lipinski definition) is 1. The zero-order valence-electron chi connectivity index (χ0n) is 13.4. The Balaban J connectivity index is 2.04. The lowest BCUT2D eigenvalue weighted by molar-refractivity contribution is 0.512. The van der Waals surface area contributed by atoms with Crippen molar-refractivity contribution in [3.05, 3.63) is 65.0 Å². The maximum Gasteiger partial charge on any atom is 0.0573 e. The summed E-state index contributed by atoms with van der Waals surface area (Å²) in [7, 11) is 0. The lowest BCUT2D eigenvalue weighted by Crippen LogP contribution is -2.21. The van der Waals surface area contributed by atoms with Crippen LogP contribution in [0.3, 0.4) is 0 Å². The van der Waals surface area contributed by atoms with Gasteiger partial charge in [0.1, 0.15) is 0 Å². The first-order valence-electron chi connectivity index (χ1n) is 8.03. The summed E-state index contributed by atoms with van der Waals surface area (Å²) < 4.78 is 0. The van der Waals surface area contributed by atoms with Gasteiger partial charge in [-0.2, -0.15) is 0 Å². The molecule has 1 aromatic carbocycles. The third-order valence-electron chi connectivity index (χ3n) is 4.08. The molecule has 0 saturated carbocycles. The maximum atomic E-state index is 4.51. The quantitative estimate of drug-likeness (QED) is 0.811. The molecule has 0 aliphatic rings. The molecule has 1 aromatic heterocycles. The van der Waals surface area contributed by atoms with Gasteiger partial charge in [-0.1, -0.05) is 51.1 Å². The summed E-state index contributed by atoms with van der Waals surface area (Å²) in [5.74, 6) is 0. The Kier molecular flexibility index (Phi) is 5.94. The molecule has 112 valence electrons. The fraction of sp³-hybridized carbons (Fsp3) is 0.421. The maximum absolute atomic E-state index is 4.51. The largest absolute Gasteiger partial charge is 0.304 e. The molecule has 2 aromatic rings. The van der Waals surface area contributed by atoms with Crippen molar-refractivity contribution in [3.8, 4) is 0 Å². The normalized spacial score (nSPS) is 12.3. The molecule has 2 heteroatoms. The first-order valence-corrected chi connectivity index (χ1v) is 8.03. The van der Waals surface area contributed by atoms with Crippen LogP contribution in [0.2, 0.25) is 0 Å². The van der Waals surface area contributed by atoms with Gasteiger partial charge in [0.15, 0.2) is 0 Å². The van der Waals surface area contributed by atoms with Crippen LogP contribution in [0, 0.1) is 0 Å². The summed E-state index contributed by atoms with van der Waals surface area (Å²) in [5, 5.41) is 3.65. The molecule has 1 atom stereocenters. The highest BCUT2D eigenvalue weighted by molar-refractivity contribution is 5.25. The standard InChI is InChI=1S/C19H26N2/c1-4-15-9-11-17(12-10-15)18(6-3)21-14-19-16(5-2)8-7-13-20-19/h7-13,18,21H,4-6,14H2,1-3H3. The first kappa shape index (κ1) is 15.7. The van der Waals surface area contributed by atoms with E-state index in [1.54, 1.807) is 0 Å². The summed E-state index contributed by atoms with van der Waals surface area (Å²) in [4.78, 5) is 4.51. The van der Waals surface area contributed by atoms with Crippen LogP contribution in [0.25, 0.3) is 0 Å². The molecule has 0 radical (unpaired) electrons. The number of hydrogen-bond acceptors (Lipinski definition) is 2. The Hall–Kier alpha value is -1.67. The summed E-state index contributed by atoms with van der Waals surface area (Å²) in [5.41, 5.74) is 5.26. The molecule has 2 nitrogen and oxygen atoms in total. The molecule has 0 aliphatic carbocycles. The van der Waals surface area contributed by atoms with Crippen molar-refractivity contribution in [2.24, 2.45) is 0 Å². The van der Waals surface area contributed by atoms with Gasteiger partial charge in [-0.15, -0.1) is 0 Å². The van der Waals surface area contributed by atoms with Gasteiger partial charge in [0, 0.05) is 18.8 Å². The van der Waals surface area contributed by atoms with Crippen LogP contribution in [0.15, 0.2) is 42.6 Å². The van der Waals surface area contributed by atoms with E-state index >= 15 is 0 Å². The molecule has 0 spiro atoms. The Bertz CT molecular complexity index is 546. The smallest absolute Gasteiger partial charge is 0.0573 e. The van der Waals surface area contributed by atoms with Crippen molar-refractivity contribution in [1.82, 2.24) is 10.3 Å². The third kappa shape index (κ3) is 4.15. The molecule has 0 fully saturated rings. The second-order valence-electron chi connectivity index (χ2n) is 5.40. The highest BCUT2D eigenvalue weighted by Crippen LogP contribution is 2.18. The van der Waals surface area contributed by atoms with Crippen LogP contribution in [-0.4, -0.2) is 4.98 Å². The summed E-state index contributed by atoms with van der Waals surface area (Å²) >= 11 is 0. The molecular weight excluding hydrogens is 256 g/mol. The van der Waals surface area contributed by atoms with E-state index in [-0.39, 0.29) is 0 Å². The molecule has 1 heterocycles. The van der Waals surface area contributed by atoms with E-state index in [1.807, 2.05) is 12.3 Å². The van der Waals surface area contributed by atoms with Gasteiger partial charge in [0.05, 0.1) is 5.69 Å². The molecular formula is C19H26N2. The zero-order chi connectivity index (χ0) is 15.1. The van der Waals surface area contributed by atoms with E-state index < -0.39 is 0 Å². The second kappa shape index (κ2) is 7.94. The zero-order valence-corrected chi connectivity index (χ0v) is 13.4. The fourth-order valence-corrected chi connectivity index (χ4v) is 2.66. The van der Waals surface area contributed by atoms with Gasteiger partial charge in [0.25, 0.3) is 0 Å². The molecule has 1 unspecified atom stereocenters. The number of nitrogens with zero attached hydrogens (tertiary/aromatic N) is 1. The van der Waals surface area contributed by atoms with Gasteiger partial charge in [-0.05, 0) is 42.0 Å². The summed E-state index contributed by atoms with van der Waals surface area (Å²) in [6, 6.07) is 13.5. The Labute approximate surface area is 128 Å². The topological polar surface area (TPSA) is 24.9 Å². The number of pyridine rings is 1. The lowest BCUT2D eigenvalue weighted by atomic mass is 10.0. The predicted molar refractivity (Wildman–Crippen MR) is 89.3 cm³/mol. The number of benzene rings is 1. The SMILES string of the molecule is CCc1ccc(C(CC)NCc2ncccc2CC)cc1. The van der Waals surface area contributed by atoms with Gasteiger partial charge < -0.3 is 5.32 Å². The van der Waals surface area contributed by atoms with Crippen LogP contribution in [-0.2, 0) is 19.4 Å². The number of nitrogens with one attached hydrogen (secondary N) is 1. The summed E-state index contributed by atoms with van der Waals surface area (Å²) in [6.07, 6.45) is 5.10. The molecule has 1 N–H and O–H groups in total. The van der Waals surface area contributed by atoms with Crippen LogP contribution in [0.1, 0.15) is 55.6 Å².